The lowest BCUT2D eigenvalue weighted by molar-refractivity contribution is -0.125. The molecule has 0 aromatic carbocycles. The van der Waals surface area contributed by atoms with Crippen molar-refractivity contribution in [2.75, 3.05) is 0 Å². The molecular weight excluding hydrogens is 248 g/mol. The molecule has 2 aliphatic carbocycles. The van der Waals surface area contributed by atoms with Crippen LogP contribution in [0.4, 0.5) is 0 Å². The highest BCUT2D eigenvalue weighted by Gasteiger charge is 2.46. The Balaban J connectivity index is 1.55. The summed E-state index contributed by atoms with van der Waals surface area (Å²) in [6.45, 7) is 2.35. The SMILES string of the molecule is CC(CC1OC2(CCCCC2)CC1=O)C1CCCCC1. The van der Waals surface area contributed by atoms with Gasteiger partial charge in [-0.3, -0.25) is 4.79 Å². The van der Waals surface area contributed by atoms with Crippen molar-refractivity contribution in [3.63, 3.8) is 0 Å². The van der Waals surface area contributed by atoms with Gasteiger partial charge in [0.2, 0.25) is 0 Å². The highest BCUT2D eigenvalue weighted by atomic mass is 16.5. The maximum absolute atomic E-state index is 12.3. The van der Waals surface area contributed by atoms with E-state index in [1.54, 1.807) is 0 Å². The number of ketones is 1. The Kier molecular flexibility index (Phi) is 4.49. The van der Waals surface area contributed by atoms with Gasteiger partial charge >= 0.3 is 0 Å². The summed E-state index contributed by atoms with van der Waals surface area (Å²) in [5.74, 6) is 1.89. The second-order valence-electron chi connectivity index (χ2n) is 7.60. The van der Waals surface area contributed by atoms with Gasteiger partial charge in [0.1, 0.15) is 6.10 Å². The van der Waals surface area contributed by atoms with E-state index in [-0.39, 0.29) is 11.7 Å². The molecule has 2 saturated carbocycles. The first kappa shape index (κ1) is 14.6. The van der Waals surface area contributed by atoms with E-state index < -0.39 is 0 Å². The van der Waals surface area contributed by atoms with Crippen LogP contribution in [0.15, 0.2) is 0 Å². The fraction of sp³-hybridized carbons (Fsp3) is 0.944. The number of carbonyl (C=O) groups is 1. The summed E-state index contributed by atoms with van der Waals surface area (Å²) in [4.78, 5) is 12.3. The van der Waals surface area contributed by atoms with Crippen molar-refractivity contribution in [1.82, 2.24) is 0 Å². The fourth-order valence-electron chi connectivity index (χ4n) is 4.74. The minimum Gasteiger partial charge on any atom is -0.364 e. The van der Waals surface area contributed by atoms with E-state index in [2.05, 4.69) is 6.92 Å². The molecule has 2 nitrogen and oxygen atoms in total. The van der Waals surface area contributed by atoms with Crippen LogP contribution in [-0.2, 0) is 9.53 Å². The molecule has 3 aliphatic rings. The molecule has 114 valence electrons. The van der Waals surface area contributed by atoms with Crippen LogP contribution in [0.3, 0.4) is 0 Å². The van der Waals surface area contributed by atoms with Gasteiger partial charge in [-0.1, -0.05) is 58.3 Å². The minimum atomic E-state index is -0.0787. The summed E-state index contributed by atoms with van der Waals surface area (Å²) in [5.41, 5.74) is -0.0493. The number of rotatable bonds is 3. The van der Waals surface area contributed by atoms with Crippen LogP contribution in [0.1, 0.15) is 84.0 Å². The average molecular weight is 278 g/mol. The summed E-state index contributed by atoms with van der Waals surface area (Å²) in [6.07, 6.45) is 14.6. The van der Waals surface area contributed by atoms with Crippen molar-refractivity contribution < 1.29 is 9.53 Å². The van der Waals surface area contributed by atoms with Gasteiger partial charge in [-0.2, -0.15) is 0 Å². The maximum Gasteiger partial charge on any atom is 0.164 e. The third-order valence-electron chi connectivity index (χ3n) is 6.05. The van der Waals surface area contributed by atoms with Crippen molar-refractivity contribution in [3.05, 3.63) is 0 Å². The minimum absolute atomic E-state index is 0.0493. The topological polar surface area (TPSA) is 26.3 Å². The standard InChI is InChI=1S/C18H30O2/c1-14(15-8-4-2-5-9-15)12-17-16(19)13-18(20-17)10-6-3-7-11-18/h14-15,17H,2-13H2,1H3. The summed E-state index contributed by atoms with van der Waals surface area (Å²) in [6, 6.07) is 0. The predicted octanol–water partition coefficient (Wildman–Crippen LogP) is 4.65. The first-order valence-electron chi connectivity index (χ1n) is 8.89. The molecule has 3 fully saturated rings. The van der Waals surface area contributed by atoms with Gasteiger partial charge in [0.25, 0.3) is 0 Å². The molecule has 2 atom stereocenters. The van der Waals surface area contributed by atoms with Crippen LogP contribution < -0.4 is 0 Å². The molecule has 1 saturated heterocycles. The molecule has 0 N–H and O–H groups in total. The first-order valence-corrected chi connectivity index (χ1v) is 8.89. The Hall–Kier alpha value is -0.370. The number of ether oxygens (including phenoxy) is 1. The van der Waals surface area contributed by atoms with Crippen LogP contribution in [0.5, 0.6) is 0 Å². The molecule has 0 bridgehead atoms. The Labute approximate surface area is 123 Å². The van der Waals surface area contributed by atoms with Gasteiger partial charge < -0.3 is 4.74 Å². The van der Waals surface area contributed by atoms with Gasteiger partial charge in [0.15, 0.2) is 5.78 Å². The molecular formula is C18H30O2. The van der Waals surface area contributed by atoms with Crippen LogP contribution in [0, 0.1) is 11.8 Å². The molecule has 20 heavy (non-hydrogen) atoms. The van der Waals surface area contributed by atoms with Gasteiger partial charge in [-0.05, 0) is 31.1 Å². The number of Topliss-reactive ketones (excluding diaryl/α,β-unsaturated/α-hetero) is 1. The van der Waals surface area contributed by atoms with Crippen LogP contribution in [0.2, 0.25) is 0 Å². The number of carbonyl (C=O) groups excluding carboxylic acids is 1. The van der Waals surface area contributed by atoms with E-state index in [4.69, 9.17) is 4.74 Å². The number of hydrogen-bond acceptors (Lipinski definition) is 2. The second kappa shape index (κ2) is 6.17. The van der Waals surface area contributed by atoms with Crippen LogP contribution in [0.25, 0.3) is 0 Å². The predicted molar refractivity (Wildman–Crippen MR) is 80.7 cm³/mol. The zero-order valence-corrected chi connectivity index (χ0v) is 13.0. The summed E-state index contributed by atoms with van der Waals surface area (Å²) in [7, 11) is 0. The lowest BCUT2D eigenvalue weighted by Crippen LogP contribution is -2.32. The molecule has 0 amide bonds. The normalized spacial score (nSPS) is 32.6. The van der Waals surface area contributed by atoms with Crippen molar-refractivity contribution in [2.45, 2.75) is 95.7 Å². The third kappa shape index (κ3) is 3.10. The Morgan fingerprint density at radius 1 is 1.10 bits per heavy atom. The molecule has 2 unspecified atom stereocenters. The van der Waals surface area contributed by atoms with E-state index in [0.29, 0.717) is 18.1 Å². The van der Waals surface area contributed by atoms with E-state index in [1.807, 2.05) is 0 Å². The maximum atomic E-state index is 12.3. The Morgan fingerprint density at radius 3 is 2.45 bits per heavy atom. The van der Waals surface area contributed by atoms with E-state index in [9.17, 15) is 4.79 Å². The Morgan fingerprint density at radius 2 is 1.75 bits per heavy atom. The van der Waals surface area contributed by atoms with Gasteiger partial charge in [0, 0.05) is 6.42 Å². The molecule has 0 aromatic heterocycles. The zero-order valence-electron chi connectivity index (χ0n) is 13.0. The quantitative estimate of drug-likeness (QED) is 0.751. The van der Waals surface area contributed by atoms with Crippen molar-refractivity contribution in [1.29, 1.82) is 0 Å². The van der Waals surface area contributed by atoms with E-state index >= 15 is 0 Å². The summed E-state index contributed by atoms with van der Waals surface area (Å²) in [5, 5.41) is 0. The third-order valence-corrected chi connectivity index (χ3v) is 6.05. The van der Waals surface area contributed by atoms with Crippen LogP contribution >= 0.6 is 0 Å². The molecule has 0 aromatic rings. The largest absolute Gasteiger partial charge is 0.364 e. The highest BCUT2D eigenvalue weighted by molar-refractivity contribution is 5.86. The lowest BCUT2D eigenvalue weighted by atomic mass is 9.78. The fourth-order valence-corrected chi connectivity index (χ4v) is 4.74. The zero-order chi connectivity index (χ0) is 14.0. The summed E-state index contributed by atoms with van der Waals surface area (Å²) >= 11 is 0. The van der Waals surface area contributed by atoms with Gasteiger partial charge in [0.05, 0.1) is 5.60 Å². The van der Waals surface area contributed by atoms with Crippen LogP contribution in [-0.4, -0.2) is 17.5 Å². The first-order chi connectivity index (χ1) is 9.69. The van der Waals surface area contributed by atoms with E-state index in [1.165, 1.54) is 51.4 Å². The van der Waals surface area contributed by atoms with Gasteiger partial charge in [-0.15, -0.1) is 0 Å². The smallest absolute Gasteiger partial charge is 0.164 e. The average Bonchev–Trinajstić information content (AvgIpc) is 2.76. The molecule has 1 aliphatic heterocycles. The molecule has 2 heteroatoms. The Bertz CT molecular complexity index is 337. The van der Waals surface area contributed by atoms with Crippen molar-refractivity contribution in [2.24, 2.45) is 11.8 Å². The molecule has 1 spiro atoms. The highest BCUT2D eigenvalue weighted by Crippen LogP contribution is 2.43. The second-order valence-corrected chi connectivity index (χ2v) is 7.60. The lowest BCUT2D eigenvalue weighted by Gasteiger charge is -2.33. The molecule has 0 radical (unpaired) electrons. The molecule has 1 heterocycles. The summed E-state index contributed by atoms with van der Waals surface area (Å²) < 4.78 is 6.31. The van der Waals surface area contributed by atoms with E-state index in [0.717, 1.165) is 25.2 Å². The molecule has 3 rings (SSSR count). The van der Waals surface area contributed by atoms with Crippen molar-refractivity contribution >= 4 is 5.78 Å². The number of hydrogen-bond donors (Lipinski definition) is 0. The monoisotopic (exact) mass is 278 g/mol. The van der Waals surface area contributed by atoms with Gasteiger partial charge in [-0.25, -0.2) is 0 Å². The van der Waals surface area contributed by atoms with Crippen molar-refractivity contribution in [3.8, 4) is 0 Å².